The van der Waals surface area contributed by atoms with Crippen LogP contribution >= 0.6 is 27.7 Å². The van der Waals surface area contributed by atoms with Crippen molar-refractivity contribution in [1.82, 2.24) is 9.97 Å². The van der Waals surface area contributed by atoms with Crippen molar-refractivity contribution in [1.29, 1.82) is 0 Å². The van der Waals surface area contributed by atoms with Crippen LogP contribution in [0, 0.1) is 0 Å². The third-order valence-corrected chi connectivity index (χ3v) is 4.48. The van der Waals surface area contributed by atoms with Crippen LogP contribution in [0.1, 0.15) is 10.5 Å². The minimum Gasteiger partial charge on any atom is -0.452 e. The molecule has 0 aliphatic carbocycles. The summed E-state index contributed by atoms with van der Waals surface area (Å²) in [6, 6.07) is 0. The van der Waals surface area contributed by atoms with Gasteiger partial charge in [-0.05, 0) is 22.2 Å². The van der Waals surface area contributed by atoms with Crippen molar-refractivity contribution in [3.8, 4) is 0 Å². The van der Waals surface area contributed by atoms with E-state index in [-0.39, 0.29) is 18.9 Å². The Morgan fingerprint density at radius 1 is 1.48 bits per heavy atom. The molecular formula is C12H13BrN2O5S. The van der Waals surface area contributed by atoms with Gasteiger partial charge in [0, 0.05) is 6.20 Å². The molecule has 0 saturated carbocycles. The maximum atomic E-state index is 12.2. The molecule has 0 radical (unpaired) electrons. The van der Waals surface area contributed by atoms with E-state index >= 15 is 0 Å². The van der Waals surface area contributed by atoms with Gasteiger partial charge in [-0.15, -0.1) is 0 Å². The van der Waals surface area contributed by atoms with Gasteiger partial charge in [0.05, 0.1) is 17.7 Å². The molecule has 0 spiro atoms. The fraction of sp³-hybridized carbons (Fsp3) is 0.583. The van der Waals surface area contributed by atoms with Crippen LogP contribution in [0.3, 0.4) is 0 Å². The molecule has 1 N–H and O–H groups in total. The van der Waals surface area contributed by atoms with Crippen LogP contribution in [0.15, 0.2) is 15.8 Å². The van der Waals surface area contributed by atoms with E-state index in [2.05, 4.69) is 25.9 Å². The standard InChI is InChI=1S/C12H13BrN2O5S/c1-21-12-14-2-5(13)8(15-12)11(17)20-7-4-19-9-6(16)3-18-10(7)9/h2,6-7,9-10,16H,3-4H2,1H3/t6-,7-,9+,10+/m0/s1. The zero-order valence-electron chi connectivity index (χ0n) is 11.1. The molecule has 2 aliphatic heterocycles. The van der Waals surface area contributed by atoms with E-state index in [1.807, 2.05) is 6.26 Å². The summed E-state index contributed by atoms with van der Waals surface area (Å²) in [6.45, 7) is 0.396. The molecule has 0 aromatic carbocycles. The number of aliphatic hydroxyl groups excluding tert-OH is 1. The van der Waals surface area contributed by atoms with Crippen molar-refractivity contribution in [2.75, 3.05) is 19.5 Å². The first kappa shape index (κ1) is 15.2. The molecule has 21 heavy (non-hydrogen) atoms. The van der Waals surface area contributed by atoms with E-state index in [9.17, 15) is 9.90 Å². The largest absolute Gasteiger partial charge is 0.452 e. The number of aliphatic hydroxyl groups is 1. The predicted molar refractivity (Wildman–Crippen MR) is 76.2 cm³/mol. The number of hydrogen-bond acceptors (Lipinski definition) is 8. The van der Waals surface area contributed by atoms with E-state index in [0.717, 1.165) is 0 Å². The normalized spacial score (nSPS) is 31.2. The van der Waals surface area contributed by atoms with E-state index in [1.54, 1.807) is 0 Å². The highest BCUT2D eigenvalue weighted by Crippen LogP contribution is 2.29. The van der Waals surface area contributed by atoms with Crippen LogP contribution in [-0.4, -0.2) is 64.9 Å². The number of carbonyl (C=O) groups is 1. The van der Waals surface area contributed by atoms with Gasteiger partial charge in [0.25, 0.3) is 0 Å². The van der Waals surface area contributed by atoms with Crippen LogP contribution in [0.5, 0.6) is 0 Å². The lowest BCUT2D eigenvalue weighted by Crippen LogP contribution is -2.34. The molecule has 1 aromatic heterocycles. The topological polar surface area (TPSA) is 90.8 Å². The van der Waals surface area contributed by atoms with Crippen molar-refractivity contribution in [2.45, 2.75) is 29.6 Å². The maximum Gasteiger partial charge on any atom is 0.358 e. The molecule has 2 aliphatic rings. The van der Waals surface area contributed by atoms with E-state index in [4.69, 9.17) is 14.2 Å². The minimum atomic E-state index is -0.674. The first-order valence-electron chi connectivity index (χ1n) is 6.29. The Labute approximate surface area is 133 Å². The van der Waals surface area contributed by atoms with Crippen LogP contribution in [0.4, 0.5) is 0 Å². The van der Waals surface area contributed by atoms with Crippen LogP contribution in [-0.2, 0) is 14.2 Å². The van der Waals surface area contributed by atoms with Gasteiger partial charge in [-0.3, -0.25) is 0 Å². The van der Waals surface area contributed by atoms with Crippen LogP contribution in [0.25, 0.3) is 0 Å². The Kier molecular flexibility index (Phi) is 4.46. The molecule has 9 heteroatoms. The second-order valence-electron chi connectivity index (χ2n) is 4.66. The number of hydrogen-bond donors (Lipinski definition) is 1. The Hall–Kier alpha value is -0.740. The third-order valence-electron chi connectivity index (χ3n) is 3.34. The highest BCUT2D eigenvalue weighted by Gasteiger charge is 2.49. The lowest BCUT2D eigenvalue weighted by atomic mass is 10.1. The molecule has 0 amide bonds. The molecule has 4 atom stereocenters. The first-order valence-corrected chi connectivity index (χ1v) is 8.30. The number of esters is 1. The summed E-state index contributed by atoms with van der Waals surface area (Å²) in [6.07, 6.45) is 1.26. The maximum absolute atomic E-state index is 12.2. The van der Waals surface area contributed by atoms with Gasteiger partial charge >= 0.3 is 5.97 Å². The lowest BCUT2D eigenvalue weighted by Gasteiger charge is -2.16. The summed E-state index contributed by atoms with van der Waals surface area (Å²) in [5.74, 6) is -0.571. The Morgan fingerprint density at radius 2 is 2.24 bits per heavy atom. The minimum absolute atomic E-state index is 0.163. The number of fused-ring (bicyclic) bond motifs is 1. The number of thioether (sulfide) groups is 1. The number of carbonyl (C=O) groups excluding carboxylic acids is 1. The quantitative estimate of drug-likeness (QED) is 0.467. The fourth-order valence-electron chi connectivity index (χ4n) is 2.33. The molecule has 2 fully saturated rings. The van der Waals surface area contributed by atoms with Gasteiger partial charge in [-0.1, -0.05) is 11.8 Å². The number of aromatic nitrogens is 2. The molecule has 7 nitrogen and oxygen atoms in total. The Balaban J connectivity index is 1.72. The molecule has 3 heterocycles. The second kappa shape index (κ2) is 6.17. The Morgan fingerprint density at radius 3 is 3.00 bits per heavy atom. The molecule has 114 valence electrons. The van der Waals surface area contributed by atoms with Crippen molar-refractivity contribution < 1.29 is 24.1 Å². The van der Waals surface area contributed by atoms with Gasteiger partial charge < -0.3 is 19.3 Å². The van der Waals surface area contributed by atoms with Gasteiger partial charge in [0.15, 0.2) is 17.0 Å². The second-order valence-corrected chi connectivity index (χ2v) is 6.29. The lowest BCUT2D eigenvalue weighted by molar-refractivity contribution is -0.0214. The molecule has 0 bridgehead atoms. The highest BCUT2D eigenvalue weighted by molar-refractivity contribution is 9.10. The highest BCUT2D eigenvalue weighted by atomic mass is 79.9. The van der Waals surface area contributed by atoms with Gasteiger partial charge in [0.1, 0.15) is 18.3 Å². The summed E-state index contributed by atoms with van der Waals surface area (Å²) in [5, 5.41) is 10.1. The smallest absolute Gasteiger partial charge is 0.358 e. The molecule has 0 unspecified atom stereocenters. The average Bonchev–Trinajstić information content (AvgIpc) is 3.04. The van der Waals surface area contributed by atoms with Crippen molar-refractivity contribution in [2.24, 2.45) is 0 Å². The monoisotopic (exact) mass is 376 g/mol. The number of rotatable bonds is 3. The van der Waals surface area contributed by atoms with Crippen molar-refractivity contribution in [3.63, 3.8) is 0 Å². The zero-order valence-corrected chi connectivity index (χ0v) is 13.5. The summed E-state index contributed by atoms with van der Waals surface area (Å²) in [7, 11) is 0. The van der Waals surface area contributed by atoms with Crippen LogP contribution < -0.4 is 0 Å². The van der Waals surface area contributed by atoms with Crippen molar-refractivity contribution in [3.05, 3.63) is 16.4 Å². The zero-order chi connectivity index (χ0) is 15.0. The molecule has 2 saturated heterocycles. The van der Waals surface area contributed by atoms with E-state index in [1.165, 1.54) is 18.0 Å². The Bertz CT molecular complexity index is 560. The molecular weight excluding hydrogens is 364 g/mol. The van der Waals surface area contributed by atoms with Crippen LogP contribution in [0.2, 0.25) is 0 Å². The first-order chi connectivity index (χ1) is 10.1. The number of nitrogens with zero attached hydrogens (tertiary/aromatic N) is 2. The third kappa shape index (κ3) is 2.93. The summed E-state index contributed by atoms with van der Waals surface area (Å²) < 4.78 is 16.7. The SMILES string of the molecule is CSc1ncc(Br)c(C(=O)O[C@H]2CO[C@H]3[C@@H]2OC[C@@H]3O)n1. The van der Waals surface area contributed by atoms with Gasteiger partial charge in [-0.2, -0.15) is 0 Å². The van der Waals surface area contributed by atoms with Crippen molar-refractivity contribution >= 4 is 33.7 Å². The fourth-order valence-corrected chi connectivity index (χ4v) is 3.02. The predicted octanol–water partition coefficient (Wildman–Crippen LogP) is 0.645. The number of halogens is 1. The van der Waals surface area contributed by atoms with E-state index < -0.39 is 30.4 Å². The molecule has 3 rings (SSSR count). The average molecular weight is 377 g/mol. The molecule has 1 aromatic rings. The summed E-state index contributed by atoms with van der Waals surface area (Å²) >= 11 is 4.57. The summed E-state index contributed by atoms with van der Waals surface area (Å²) in [4.78, 5) is 20.4. The summed E-state index contributed by atoms with van der Waals surface area (Å²) in [5.41, 5.74) is 0.163. The van der Waals surface area contributed by atoms with E-state index in [0.29, 0.717) is 9.63 Å². The van der Waals surface area contributed by atoms with Gasteiger partial charge in [-0.25, -0.2) is 14.8 Å². The van der Waals surface area contributed by atoms with Gasteiger partial charge in [0.2, 0.25) is 0 Å². The number of ether oxygens (including phenoxy) is 3.